The quantitative estimate of drug-likeness (QED) is 0.410. The van der Waals surface area contributed by atoms with E-state index in [0.29, 0.717) is 12.0 Å². The Labute approximate surface area is 107 Å². The normalized spacial score (nSPS) is 15.4. The van der Waals surface area contributed by atoms with Crippen LogP contribution < -0.4 is 0 Å². The standard InChI is InChI=1S/C13H20O5/c1-9(11(14)8-12(15)16)6-4-5-7-10(2)13(17)18-3/h4-5,7,9,11,14H,6,8H2,1-3H3,(H,15,16)/b5-4+,10-7+/t9-,11+/m1/s1. The molecule has 0 aromatic heterocycles. The molecule has 0 rings (SSSR count). The van der Waals surface area contributed by atoms with Crippen LogP contribution in [0.2, 0.25) is 0 Å². The van der Waals surface area contributed by atoms with Gasteiger partial charge in [0.25, 0.3) is 0 Å². The van der Waals surface area contributed by atoms with Crippen LogP contribution in [-0.2, 0) is 14.3 Å². The van der Waals surface area contributed by atoms with Gasteiger partial charge in [0.15, 0.2) is 0 Å². The third-order valence-corrected chi connectivity index (χ3v) is 2.54. The summed E-state index contributed by atoms with van der Waals surface area (Å²) in [6.07, 6.45) is 4.50. The molecule has 0 saturated carbocycles. The van der Waals surface area contributed by atoms with E-state index in [4.69, 9.17) is 5.11 Å². The van der Waals surface area contributed by atoms with E-state index < -0.39 is 18.0 Å². The summed E-state index contributed by atoms with van der Waals surface area (Å²) in [5, 5.41) is 18.0. The number of allylic oxidation sites excluding steroid dienone is 3. The molecule has 0 fully saturated rings. The van der Waals surface area contributed by atoms with Crippen LogP contribution in [0, 0.1) is 5.92 Å². The van der Waals surface area contributed by atoms with Crippen molar-refractivity contribution in [3.8, 4) is 0 Å². The van der Waals surface area contributed by atoms with Gasteiger partial charge >= 0.3 is 11.9 Å². The molecule has 0 spiro atoms. The molecule has 0 radical (unpaired) electrons. The van der Waals surface area contributed by atoms with Crippen molar-refractivity contribution in [1.82, 2.24) is 0 Å². The molecule has 18 heavy (non-hydrogen) atoms. The molecule has 0 aliphatic rings. The topological polar surface area (TPSA) is 83.8 Å². The number of aliphatic carboxylic acids is 1. The highest BCUT2D eigenvalue weighted by molar-refractivity contribution is 5.87. The molecule has 5 heteroatoms. The Morgan fingerprint density at radius 1 is 1.39 bits per heavy atom. The van der Waals surface area contributed by atoms with Crippen LogP contribution in [0.4, 0.5) is 0 Å². The Hall–Kier alpha value is -1.62. The van der Waals surface area contributed by atoms with Gasteiger partial charge in [-0.05, 0) is 19.3 Å². The first-order valence-corrected chi connectivity index (χ1v) is 5.70. The van der Waals surface area contributed by atoms with Gasteiger partial charge in [0.2, 0.25) is 0 Å². The maximum Gasteiger partial charge on any atom is 0.333 e. The average molecular weight is 256 g/mol. The van der Waals surface area contributed by atoms with Crippen molar-refractivity contribution in [3.05, 3.63) is 23.8 Å². The monoisotopic (exact) mass is 256 g/mol. The van der Waals surface area contributed by atoms with Crippen molar-refractivity contribution >= 4 is 11.9 Å². The van der Waals surface area contributed by atoms with Crippen LogP contribution in [0.25, 0.3) is 0 Å². The minimum atomic E-state index is -1.01. The first kappa shape index (κ1) is 16.4. The number of aliphatic hydroxyl groups is 1. The first-order chi connectivity index (χ1) is 8.38. The van der Waals surface area contributed by atoms with Crippen molar-refractivity contribution in [3.63, 3.8) is 0 Å². The second-order valence-corrected chi connectivity index (χ2v) is 4.15. The molecule has 0 amide bonds. The van der Waals surface area contributed by atoms with Gasteiger partial charge < -0.3 is 14.9 Å². The van der Waals surface area contributed by atoms with Crippen molar-refractivity contribution in [2.45, 2.75) is 32.8 Å². The summed E-state index contributed by atoms with van der Waals surface area (Å²) in [6.45, 7) is 3.41. The number of rotatable bonds is 7. The van der Waals surface area contributed by atoms with Crippen LogP contribution in [0.3, 0.4) is 0 Å². The first-order valence-electron chi connectivity index (χ1n) is 5.70. The summed E-state index contributed by atoms with van der Waals surface area (Å²) in [7, 11) is 1.31. The number of carboxylic acid groups (broad SMARTS) is 1. The summed E-state index contributed by atoms with van der Waals surface area (Å²) in [5.41, 5.74) is 0.479. The molecule has 2 N–H and O–H groups in total. The fraction of sp³-hybridized carbons (Fsp3) is 0.538. The Bertz CT molecular complexity index is 343. The number of ether oxygens (including phenoxy) is 1. The van der Waals surface area contributed by atoms with E-state index >= 15 is 0 Å². The summed E-state index contributed by atoms with van der Waals surface area (Å²) in [4.78, 5) is 21.4. The Morgan fingerprint density at radius 3 is 2.50 bits per heavy atom. The van der Waals surface area contributed by atoms with Crippen LogP contribution in [0.1, 0.15) is 26.7 Å². The van der Waals surface area contributed by atoms with Gasteiger partial charge in [0.05, 0.1) is 19.6 Å². The van der Waals surface area contributed by atoms with Gasteiger partial charge in [-0.25, -0.2) is 4.79 Å². The molecule has 2 atom stereocenters. The summed E-state index contributed by atoms with van der Waals surface area (Å²) in [5.74, 6) is -1.55. The minimum Gasteiger partial charge on any atom is -0.481 e. The number of esters is 1. The SMILES string of the molecule is COC(=O)/C(C)=C/C=C/C[C@@H](C)[C@@H](O)CC(=O)O. The average Bonchev–Trinajstić information content (AvgIpc) is 2.31. The van der Waals surface area contributed by atoms with Crippen molar-refractivity contribution in [1.29, 1.82) is 0 Å². The lowest BCUT2D eigenvalue weighted by atomic mass is 9.98. The number of aliphatic hydroxyl groups excluding tert-OH is 1. The van der Waals surface area contributed by atoms with Crippen LogP contribution >= 0.6 is 0 Å². The molecule has 0 unspecified atom stereocenters. The van der Waals surface area contributed by atoms with Gasteiger partial charge in [-0.2, -0.15) is 0 Å². The number of hydrogen-bond donors (Lipinski definition) is 2. The van der Waals surface area contributed by atoms with E-state index in [9.17, 15) is 14.7 Å². The number of carboxylic acids is 1. The summed E-state index contributed by atoms with van der Waals surface area (Å²) < 4.78 is 4.53. The fourth-order valence-electron chi connectivity index (χ4n) is 1.27. The summed E-state index contributed by atoms with van der Waals surface area (Å²) in [6, 6.07) is 0. The fourth-order valence-corrected chi connectivity index (χ4v) is 1.27. The van der Waals surface area contributed by atoms with Crippen molar-refractivity contribution in [2.24, 2.45) is 5.92 Å². The Balaban J connectivity index is 4.16. The van der Waals surface area contributed by atoms with Gasteiger partial charge in [-0.15, -0.1) is 0 Å². The van der Waals surface area contributed by atoms with Gasteiger partial charge in [0.1, 0.15) is 0 Å². The maximum atomic E-state index is 11.0. The summed E-state index contributed by atoms with van der Waals surface area (Å²) >= 11 is 0. The zero-order chi connectivity index (χ0) is 14.1. The van der Waals surface area contributed by atoms with Crippen molar-refractivity contribution < 1.29 is 24.5 Å². The van der Waals surface area contributed by atoms with Crippen LogP contribution in [-0.4, -0.2) is 35.4 Å². The molecule has 102 valence electrons. The highest BCUT2D eigenvalue weighted by Crippen LogP contribution is 2.12. The van der Waals surface area contributed by atoms with E-state index in [1.54, 1.807) is 32.1 Å². The Morgan fingerprint density at radius 2 is 2.00 bits per heavy atom. The number of methoxy groups -OCH3 is 1. The van der Waals surface area contributed by atoms with Gasteiger partial charge in [-0.3, -0.25) is 4.79 Å². The predicted octanol–water partition coefficient (Wildman–Crippen LogP) is 1.52. The van der Waals surface area contributed by atoms with Crippen LogP contribution in [0.15, 0.2) is 23.8 Å². The number of carbonyl (C=O) groups excluding carboxylic acids is 1. The molecule has 0 aliphatic carbocycles. The lowest BCUT2D eigenvalue weighted by Crippen LogP contribution is -2.20. The molecule has 0 aliphatic heterocycles. The van der Waals surface area contributed by atoms with Gasteiger partial charge in [0, 0.05) is 5.57 Å². The number of hydrogen-bond acceptors (Lipinski definition) is 4. The second kappa shape index (κ2) is 8.47. The minimum absolute atomic E-state index is 0.149. The second-order valence-electron chi connectivity index (χ2n) is 4.15. The largest absolute Gasteiger partial charge is 0.481 e. The molecule has 0 saturated heterocycles. The zero-order valence-electron chi connectivity index (χ0n) is 10.9. The van der Waals surface area contributed by atoms with Crippen molar-refractivity contribution in [2.75, 3.05) is 7.11 Å². The third kappa shape index (κ3) is 6.85. The molecule has 0 bridgehead atoms. The molecule has 0 heterocycles. The zero-order valence-corrected chi connectivity index (χ0v) is 10.9. The van der Waals surface area contributed by atoms with E-state index in [-0.39, 0.29) is 12.3 Å². The molecular weight excluding hydrogens is 236 g/mol. The van der Waals surface area contributed by atoms with Crippen LogP contribution in [0.5, 0.6) is 0 Å². The molecule has 0 aromatic carbocycles. The lowest BCUT2D eigenvalue weighted by molar-refractivity contribution is -0.140. The predicted molar refractivity (Wildman–Crippen MR) is 67.0 cm³/mol. The van der Waals surface area contributed by atoms with E-state index in [2.05, 4.69) is 4.74 Å². The number of carbonyl (C=O) groups is 2. The van der Waals surface area contributed by atoms with E-state index in [1.807, 2.05) is 0 Å². The highest BCUT2D eigenvalue weighted by atomic mass is 16.5. The van der Waals surface area contributed by atoms with E-state index in [0.717, 1.165) is 0 Å². The van der Waals surface area contributed by atoms with Gasteiger partial charge in [-0.1, -0.05) is 25.2 Å². The molecule has 0 aromatic rings. The highest BCUT2D eigenvalue weighted by Gasteiger charge is 2.15. The Kier molecular flexibility index (Phi) is 7.71. The van der Waals surface area contributed by atoms with E-state index in [1.165, 1.54) is 7.11 Å². The lowest BCUT2D eigenvalue weighted by Gasteiger charge is -2.14. The maximum absolute atomic E-state index is 11.0. The third-order valence-electron chi connectivity index (χ3n) is 2.54. The smallest absolute Gasteiger partial charge is 0.333 e. The molecule has 5 nitrogen and oxygen atoms in total. The molecular formula is C13H20O5.